The van der Waals surface area contributed by atoms with E-state index in [-0.39, 0.29) is 0 Å². The standard InChI is InChI=1S/C6H11N3S/c7-8-6(10)9-2-4-1-5(4)3-9/h4-5H,1-3,7H2,(H,8,10). The van der Waals surface area contributed by atoms with Gasteiger partial charge in [0, 0.05) is 13.1 Å². The van der Waals surface area contributed by atoms with E-state index in [1.165, 1.54) is 6.42 Å². The zero-order valence-electron chi connectivity index (χ0n) is 5.71. The Bertz CT molecular complexity index is 160. The minimum absolute atomic E-state index is 0.701. The molecule has 10 heavy (non-hydrogen) atoms. The molecule has 2 aliphatic rings. The second-order valence-electron chi connectivity index (χ2n) is 3.11. The predicted molar refractivity (Wildman–Crippen MR) is 43.1 cm³/mol. The van der Waals surface area contributed by atoms with Gasteiger partial charge in [-0.1, -0.05) is 0 Å². The molecule has 2 atom stereocenters. The van der Waals surface area contributed by atoms with E-state index in [1.807, 2.05) is 0 Å². The van der Waals surface area contributed by atoms with Gasteiger partial charge in [-0.2, -0.15) is 0 Å². The van der Waals surface area contributed by atoms with Crippen molar-refractivity contribution >= 4 is 17.3 Å². The first-order valence-corrected chi connectivity index (χ1v) is 3.97. The number of hydrogen-bond donors (Lipinski definition) is 2. The third-order valence-corrected chi connectivity index (χ3v) is 2.77. The maximum absolute atomic E-state index is 5.18. The molecule has 1 saturated heterocycles. The Labute approximate surface area is 65.5 Å². The van der Waals surface area contributed by atoms with Crippen LogP contribution in [-0.4, -0.2) is 23.1 Å². The molecule has 0 amide bonds. The van der Waals surface area contributed by atoms with E-state index in [2.05, 4.69) is 10.3 Å². The van der Waals surface area contributed by atoms with Gasteiger partial charge in [-0.3, -0.25) is 0 Å². The van der Waals surface area contributed by atoms with Crippen molar-refractivity contribution in [2.24, 2.45) is 17.7 Å². The molecular weight excluding hydrogens is 146 g/mol. The van der Waals surface area contributed by atoms with Crippen LogP contribution in [0.1, 0.15) is 6.42 Å². The first-order chi connectivity index (χ1) is 4.81. The van der Waals surface area contributed by atoms with Crippen molar-refractivity contribution in [3.05, 3.63) is 0 Å². The lowest BCUT2D eigenvalue weighted by Crippen LogP contribution is -2.42. The normalized spacial score (nSPS) is 35.5. The average Bonchev–Trinajstić information content (AvgIpc) is 2.57. The number of likely N-dealkylation sites (tertiary alicyclic amines) is 1. The summed E-state index contributed by atoms with van der Waals surface area (Å²) in [6.07, 6.45) is 1.41. The minimum Gasteiger partial charge on any atom is -0.348 e. The molecule has 1 saturated carbocycles. The number of piperidine rings is 1. The van der Waals surface area contributed by atoms with Crippen LogP contribution in [0.4, 0.5) is 0 Å². The summed E-state index contributed by atoms with van der Waals surface area (Å²) in [5.74, 6) is 7.02. The molecule has 3 nitrogen and oxygen atoms in total. The number of nitrogens with two attached hydrogens (primary N) is 1. The largest absolute Gasteiger partial charge is 0.348 e. The predicted octanol–water partition coefficient (Wildman–Crippen LogP) is -0.314. The minimum atomic E-state index is 0.701. The summed E-state index contributed by atoms with van der Waals surface area (Å²) in [4.78, 5) is 2.15. The first kappa shape index (κ1) is 6.37. The molecule has 2 unspecified atom stereocenters. The van der Waals surface area contributed by atoms with Crippen molar-refractivity contribution in [2.75, 3.05) is 13.1 Å². The molecule has 56 valence electrons. The molecule has 0 radical (unpaired) electrons. The smallest absolute Gasteiger partial charge is 0.183 e. The molecule has 4 heteroatoms. The Balaban J connectivity index is 1.90. The summed E-state index contributed by atoms with van der Waals surface area (Å²) < 4.78 is 0. The SMILES string of the molecule is NNC(=S)N1CC2CC2C1. The zero-order chi connectivity index (χ0) is 7.14. The van der Waals surface area contributed by atoms with Crippen molar-refractivity contribution in [2.45, 2.75) is 6.42 Å². The fourth-order valence-electron chi connectivity index (χ4n) is 1.66. The molecule has 2 rings (SSSR count). The van der Waals surface area contributed by atoms with E-state index in [1.54, 1.807) is 0 Å². The van der Waals surface area contributed by atoms with Crippen LogP contribution < -0.4 is 11.3 Å². The molecule has 0 aromatic heterocycles. The summed E-state index contributed by atoms with van der Waals surface area (Å²) in [5, 5.41) is 0.701. The molecule has 3 N–H and O–H groups in total. The van der Waals surface area contributed by atoms with Gasteiger partial charge in [0.1, 0.15) is 0 Å². The van der Waals surface area contributed by atoms with Gasteiger partial charge in [0.2, 0.25) is 0 Å². The van der Waals surface area contributed by atoms with Crippen LogP contribution >= 0.6 is 12.2 Å². The average molecular weight is 157 g/mol. The van der Waals surface area contributed by atoms with Gasteiger partial charge in [0.15, 0.2) is 5.11 Å². The Morgan fingerprint density at radius 2 is 2.10 bits per heavy atom. The van der Waals surface area contributed by atoms with Gasteiger partial charge >= 0.3 is 0 Å². The Morgan fingerprint density at radius 1 is 1.50 bits per heavy atom. The van der Waals surface area contributed by atoms with Crippen molar-refractivity contribution in [3.63, 3.8) is 0 Å². The number of rotatable bonds is 0. The highest BCUT2D eigenvalue weighted by atomic mass is 32.1. The molecule has 1 heterocycles. The Morgan fingerprint density at radius 3 is 2.60 bits per heavy atom. The highest BCUT2D eigenvalue weighted by Gasteiger charge is 2.45. The Kier molecular flexibility index (Phi) is 1.32. The lowest BCUT2D eigenvalue weighted by atomic mass is 10.4. The van der Waals surface area contributed by atoms with E-state index in [4.69, 9.17) is 18.1 Å². The lowest BCUT2D eigenvalue weighted by molar-refractivity contribution is 0.454. The second kappa shape index (κ2) is 2.07. The number of nitrogens with zero attached hydrogens (tertiary/aromatic N) is 1. The van der Waals surface area contributed by atoms with E-state index in [0.717, 1.165) is 24.9 Å². The Hall–Kier alpha value is -0.350. The van der Waals surface area contributed by atoms with Crippen LogP contribution in [0.15, 0.2) is 0 Å². The fraction of sp³-hybridized carbons (Fsp3) is 0.833. The van der Waals surface area contributed by atoms with Crippen molar-refractivity contribution in [3.8, 4) is 0 Å². The maximum atomic E-state index is 5.18. The highest BCUT2D eigenvalue weighted by molar-refractivity contribution is 7.80. The number of nitrogens with one attached hydrogen (secondary N) is 1. The van der Waals surface area contributed by atoms with E-state index in [9.17, 15) is 0 Å². The van der Waals surface area contributed by atoms with Gasteiger partial charge in [0.05, 0.1) is 0 Å². The summed E-state index contributed by atoms with van der Waals surface area (Å²) in [6.45, 7) is 2.24. The quantitative estimate of drug-likeness (QED) is 0.287. The number of thiocarbonyl (C=S) groups is 1. The molecule has 0 aromatic carbocycles. The van der Waals surface area contributed by atoms with Gasteiger partial charge in [-0.25, -0.2) is 5.84 Å². The zero-order valence-corrected chi connectivity index (χ0v) is 6.53. The summed E-state index contributed by atoms with van der Waals surface area (Å²) in [6, 6.07) is 0. The third-order valence-electron chi connectivity index (χ3n) is 2.39. The van der Waals surface area contributed by atoms with Crippen molar-refractivity contribution in [1.82, 2.24) is 10.3 Å². The van der Waals surface area contributed by atoms with Crippen molar-refractivity contribution in [1.29, 1.82) is 0 Å². The maximum Gasteiger partial charge on any atom is 0.183 e. The van der Waals surface area contributed by atoms with Gasteiger partial charge in [-0.15, -0.1) is 0 Å². The highest BCUT2D eigenvalue weighted by Crippen LogP contribution is 2.44. The van der Waals surface area contributed by atoms with Crippen LogP contribution in [-0.2, 0) is 0 Å². The molecule has 0 aromatic rings. The topological polar surface area (TPSA) is 41.3 Å². The molecule has 0 bridgehead atoms. The lowest BCUT2D eigenvalue weighted by Gasteiger charge is -2.19. The number of hydrogen-bond acceptors (Lipinski definition) is 2. The van der Waals surface area contributed by atoms with Crippen LogP contribution in [0.5, 0.6) is 0 Å². The first-order valence-electron chi connectivity index (χ1n) is 3.57. The van der Waals surface area contributed by atoms with Crippen LogP contribution in [0.3, 0.4) is 0 Å². The van der Waals surface area contributed by atoms with Crippen LogP contribution in [0.25, 0.3) is 0 Å². The van der Waals surface area contributed by atoms with E-state index in [0.29, 0.717) is 5.11 Å². The fourth-order valence-corrected chi connectivity index (χ4v) is 1.80. The summed E-state index contributed by atoms with van der Waals surface area (Å²) in [5.41, 5.74) is 2.51. The number of fused-ring (bicyclic) bond motifs is 1. The molecule has 1 aliphatic heterocycles. The van der Waals surface area contributed by atoms with E-state index >= 15 is 0 Å². The van der Waals surface area contributed by atoms with Crippen LogP contribution in [0.2, 0.25) is 0 Å². The van der Waals surface area contributed by atoms with Gasteiger partial charge in [0.25, 0.3) is 0 Å². The molecule has 1 aliphatic carbocycles. The monoisotopic (exact) mass is 157 g/mol. The summed E-state index contributed by atoms with van der Waals surface area (Å²) >= 11 is 4.98. The van der Waals surface area contributed by atoms with Crippen molar-refractivity contribution < 1.29 is 0 Å². The van der Waals surface area contributed by atoms with Gasteiger partial charge in [-0.05, 0) is 30.5 Å². The molecular formula is C6H11N3S. The van der Waals surface area contributed by atoms with Crippen LogP contribution in [0, 0.1) is 11.8 Å². The second-order valence-corrected chi connectivity index (χ2v) is 3.50. The molecule has 0 spiro atoms. The summed E-state index contributed by atoms with van der Waals surface area (Å²) in [7, 11) is 0. The number of hydrazine groups is 1. The third kappa shape index (κ3) is 0.876. The van der Waals surface area contributed by atoms with E-state index < -0.39 is 0 Å². The molecule has 2 fully saturated rings. The van der Waals surface area contributed by atoms with Gasteiger partial charge < -0.3 is 10.3 Å².